The number of carbonyl (C=O) groups excluding carboxylic acids is 1. The lowest BCUT2D eigenvalue weighted by molar-refractivity contribution is 0.0955. The molecule has 0 aliphatic rings. The van der Waals surface area contributed by atoms with Crippen LogP contribution in [0, 0.1) is 0 Å². The average molecular weight is 281 g/mol. The third-order valence-corrected chi connectivity index (χ3v) is 2.73. The number of hydrazine groups is 1. The molecule has 0 saturated heterocycles. The molecule has 1 amide bonds. The minimum atomic E-state index is -0.255. The first-order valence-electron chi connectivity index (χ1n) is 5.59. The van der Waals surface area contributed by atoms with E-state index in [9.17, 15) is 4.79 Å². The number of nitrogens with one attached hydrogen (secondary N) is 3. The van der Waals surface area contributed by atoms with E-state index in [-0.39, 0.29) is 5.91 Å². The Morgan fingerprint density at radius 3 is 3.00 bits per heavy atom. The summed E-state index contributed by atoms with van der Waals surface area (Å²) in [5.74, 6) is 5.80. The van der Waals surface area contributed by atoms with Gasteiger partial charge in [-0.05, 0) is 18.2 Å². The molecule has 0 aliphatic heterocycles. The second-order valence-corrected chi connectivity index (χ2v) is 4.21. The first-order valence-corrected chi connectivity index (χ1v) is 5.97. The van der Waals surface area contributed by atoms with Crippen molar-refractivity contribution < 1.29 is 4.79 Å². The molecule has 7 nitrogen and oxygen atoms in total. The molecule has 1 aromatic heterocycles. The summed E-state index contributed by atoms with van der Waals surface area (Å²) in [5, 5.41) is 9.67. The van der Waals surface area contributed by atoms with Crippen LogP contribution in [-0.4, -0.2) is 27.6 Å². The third-order valence-electron chi connectivity index (χ3n) is 2.49. The molecule has 8 heteroatoms. The number of aromatic amines is 1. The molecule has 0 aliphatic carbocycles. The summed E-state index contributed by atoms with van der Waals surface area (Å²) in [6, 6.07) is 4.86. The third kappa shape index (κ3) is 3.43. The van der Waals surface area contributed by atoms with Crippen molar-refractivity contribution in [3.05, 3.63) is 40.9 Å². The summed E-state index contributed by atoms with van der Waals surface area (Å²) in [6.07, 6.45) is 1.99. The van der Waals surface area contributed by atoms with Crippen LogP contribution >= 0.6 is 11.6 Å². The van der Waals surface area contributed by atoms with Crippen LogP contribution in [0.25, 0.3) is 0 Å². The fourth-order valence-electron chi connectivity index (χ4n) is 1.57. The number of halogens is 1. The maximum atomic E-state index is 12.0. The first kappa shape index (κ1) is 13.3. The van der Waals surface area contributed by atoms with Gasteiger partial charge in [0, 0.05) is 18.0 Å². The minimum Gasteiger partial charge on any atom is -0.352 e. The maximum absolute atomic E-state index is 12.0. The van der Waals surface area contributed by atoms with Gasteiger partial charge in [-0.15, -0.1) is 0 Å². The summed E-state index contributed by atoms with van der Waals surface area (Å²) in [6.45, 7) is 0.435. The lowest BCUT2D eigenvalue weighted by Crippen LogP contribution is -2.27. The standard InChI is InChI=1S/C11H13ClN6O/c12-7-1-2-9(17-13)8(5-7)11(19)14-4-3-10-15-6-16-18-10/h1-2,5-6,17H,3-4,13H2,(H,14,19)(H,15,16,18). The fraction of sp³-hybridized carbons (Fsp3) is 0.182. The van der Waals surface area contributed by atoms with Crippen LogP contribution in [0.15, 0.2) is 24.5 Å². The predicted molar refractivity (Wildman–Crippen MR) is 71.7 cm³/mol. The van der Waals surface area contributed by atoms with E-state index in [0.717, 1.165) is 0 Å². The number of hydrogen-bond acceptors (Lipinski definition) is 5. The van der Waals surface area contributed by atoms with Crippen LogP contribution in [0.4, 0.5) is 5.69 Å². The molecule has 1 aromatic carbocycles. The van der Waals surface area contributed by atoms with Gasteiger partial charge in [0.15, 0.2) is 0 Å². The van der Waals surface area contributed by atoms with E-state index >= 15 is 0 Å². The molecular weight excluding hydrogens is 268 g/mol. The van der Waals surface area contributed by atoms with E-state index < -0.39 is 0 Å². The molecule has 19 heavy (non-hydrogen) atoms. The van der Waals surface area contributed by atoms with Gasteiger partial charge in [0.25, 0.3) is 5.91 Å². The van der Waals surface area contributed by atoms with Gasteiger partial charge >= 0.3 is 0 Å². The number of carbonyl (C=O) groups is 1. The Balaban J connectivity index is 1.97. The van der Waals surface area contributed by atoms with E-state index in [1.165, 1.54) is 6.33 Å². The molecular formula is C11H13ClN6O. The summed E-state index contributed by atoms with van der Waals surface area (Å²) < 4.78 is 0. The van der Waals surface area contributed by atoms with Gasteiger partial charge in [0.2, 0.25) is 0 Å². The van der Waals surface area contributed by atoms with Crippen LogP contribution in [-0.2, 0) is 6.42 Å². The van der Waals surface area contributed by atoms with Gasteiger partial charge in [-0.1, -0.05) is 11.6 Å². The lowest BCUT2D eigenvalue weighted by atomic mass is 10.1. The van der Waals surface area contributed by atoms with Crippen LogP contribution < -0.4 is 16.6 Å². The predicted octanol–water partition coefficient (Wildman–Crippen LogP) is 0.716. The van der Waals surface area contributed by atoms with E-state index in [4.69, 9.17) is 17.4 Å². The Morgan fingerprint density at radius 2 is 2.32 bits per heavy atom. The van der Waals surface area contributed by atoms with Gasteiger partial charge in [-0.2, -0.15) is 5.10 Å². The normalized spacial score (nSPS) is 10.2. The van der Waals surface area contributed by atoms with E-state index in [2.05, 4.69) is 25.9 Å². The quantitative estimate of drug-likeness (QED) is 0.477. The highest BCUT2D eigenvalue weighted by atomic mass is 35.5. The highest BCUT2D eigenvalue weighted by molar-refractivity contribution is 6.31. The maximum Gasteiger partial charge on any atom is 0.253 e. The Kier molecular flexibility index (Phi) is 4.32. The van der Waals surface area contributed by atoms with Crippen molar-refractivity contribution in [1.82, 2.24) is 20.5 Å². The summed E-state index contributed by atoms with van der Waals surface area (Å²) >= 11 is 5.86. The zero-order chi connectivity index (χ0) is 13.7. The summed E-state index contributed by atoms with van der Waals surface area (Å²) in [7, 11) is 0. The van der Waals surface area contributed by atoms with Gasteiger partial charge in [-0.25, -0.2) is 4.98 Å². The lowest BCUT2D eigenvalue weighted by Gasteiger charge is -2.09. The highest BCUT2D eigenvalue weighted by Gasteiger charge is 2.11. The number of amides is 1. The van der Waals surface area contributed by atoms with Gasteiger partial charge < -0.3 is 10.7 Å². The van der Waals surface area contributed by atoms with Gasteiger partial charge in [0.05, 0.1) is 11.3 Å². The number of hydrogen-bond donors (Lipinski definition) is 4. The molecule has 0 unspecified atom stereocenters. The molecule has 2 rings (SSSR count). The Labute approximate surface area is 114 Å². The molecule has 0 fully saturated rings. The number of nitrogens with zero attached hydrogens (tertiary/aromatic N) is 2. The van der Waals surface area contributed by atoms with Crippen molar-refractivity contribution in [2.75, 3.05) is 12.0 Å². The fourth-order valence-corrected chi connectivity index (χ4v) is 1.74. The van der Waals surface area contributed by atoms with E-state index in [1.54, 1.807) is 18.2 Å². The molecule has 0 atom stereocenters. The number of H-pyrrole nitrogens is 1. The number of aromatic nitrogens is 3. The number of benzene rings is 1. The molecule has 5 N–H and O–H groups in total. The second kappa shape index (κ2) is 6.17. The van der Waals surface area contributed by atoms with Crippen LogP contribution in [0.2, 0.25) is 5.02 Å². The highest BCUT2D eigenvalue weighted by Crippen LogP contribution is 2.19. The molecule has 0 spiro atoms. The van der Waals surface area contributed by atoms with Gasteiger partial charge in [0.1, 0.15) is 12.2 Å². The average Bonchev–Trinajstić information content (AvgIpc) is 2.91. The van der Waals surface area contributed by atoms with Crippen LogP contribution in [0.1, 0.15) is 16.2 Å². The summed E-state index contributed by atoms with van der Waals surface area (Å²) in [4.78, 5) is 16.0. The van der Waals surface area contributed by atoms with Crippen LogP contribution in [0.3, 0.4) is 0 Å². The Morgan fingerprint density at radius 1 is 1.47 bits per heavy atom. The zero-order valence-electron chi connectivity index (χ0n) is 9.98. The Hall–Kier alpha value is -2.12. The number of anilines is 1. The monoisotopic (exact) mass is 280 g/mol. The van der Waals surface area contributed by atoms with Crippen LogP contribution in [0.5, 0.6) is 0 Å². The smallest absolute Gasteiger partial charge is 0.253 e. The summed E-state index contributed by atoms with van der Waals surface area (Å²) in [5.41, 5.74) is 3.37. The van der Waals surface area contributed by atoms with Gasteiger partial charge in [-0.3, -0.25) is 15.7 Å². The molecule has 0 saturated carbocycles. The number of nitrogen functional groups attached to an aromatic ring is 1. The van der Waals surface area contributed by atoms with E-state index in [0.29, 0.717) is 35.1 Å². The number of rotatable bonds is 5. The van der Waals surface area contributed by atoms with Crippen molar-refractivity contribution in [3.8, 4) is 0 Å². The topological polar surface area (TPSA) is 109 Å². The molecule has 100 valence electrons. The molecule has 0 bridgehead atoms. The first-order chi connectivity index (χ1) is 9.20. The van der Waals surface area contributed by atoms with Crippen molar-refractivity contribution >= 4 is 23.2 Å². The molecule has 1 heterocycles. The van der Waals surface area contributed by atoms with Crippen molar-refractivity contribution in [1.29, 1.82) is 0 Å². The van der Waals surface area contributed by atoms with Crippen molar-refractivity contribution in [2.45, 2.75) is 6.42 Å². The largest absolute Gasteiger partial charge is 0.352 e. The zero-order valence-corrected chi connectivity index (χ0v) is 10.7. The van der Waals surface area contributed by atoms with Crippen molar-refractivity contribution in [2.24, 2.45) is 5.84 Å². The Bertz CT molecular complexity index is 556. The minimum absolute atomic E-state index is 0.255. The van der Waals surface area contributed by atoms with E-state index in [1.807, 2.05) is 0 Å². The molecule has 0 radical (unpaired) electrons. The molecule has 2 aromatic rings. The second-order valence-electron chi connectivity index (χ2n) is 3.77. The number of nitrogens with two attached hydrogens (primary N) is 1. The van der Waals surface area contributed by atoms with Crippen molar-refractivity contribution in [3.63, 3.8) is 0 Å². The SMILES string of the molecule is NNc1ccc(Cl)cc1C(=O)NCCc1ncn[nH]1.